The number of pyridine rings is 1. The van der Waals surface area contributed by atoms with Gasteiger partial charge in [0.1, 0.15) is 0 Å². The molecule has 0 amide bonds. The molecule has 72 valence electrons. The number of nitrogens with two attached hydrogens (primary N) is 1. The van der Waals surface area contributed by atoms with Crippen molar-refractivity contribution in [3.05, 3.63) is 29.6 Å². The first-order valence-corrected chi connectivity index (χ1v) is 4.06. The van der Waals surface area contributed by atoms with Crippen molar-refractivity contribution in [1.82, 2.24) is 4.98 Å². The molecule has 2 nitrogen and oxygen atoms in total. The summed E-state index contributed by atoms with van der Waals surface area (Å²) in [4.78, 5) is 3.94. The Kier molecular flexibility index (Phi) is 3.31. The molecule has 2 N–H and O–H groups in total. The smallest absolute Gasteiger partial charge is 0.246 e. The maximum absolute atomic E-state index is 12.5. The van der Waals surface area contributed by atoms with Crippen LogP contribution in [0.3, 0.4) is 0 Å². The number of halogens is 2. The summed E-state index contributed by atoms with van der Waals surface area (Å²) in [7, 11) is 0. The molecule has 0 aliphatic heterocycles. The molecule has 1 atom stereocenters. The molecule has 0 aliphatic rings. The van der Waals surface area contributed by atoms with Gasteiger partial charge in [0.05, 0.1) is 5.92 Å². The number of aryl methyl sites for hydroxylation is 1. The van der Waals surface area contributed by atoms with Gasteiger partial charge in [-0.15, -0.1) is 0 Å². The summed E-state index contributed by atoms with van der Waals surface area (Å²) in [6.07, 6.45) is -0.842. The molecule has 0 fully saturated rings. The second-order valence-corrected chi connectivity index (χ2v) is 2.85. The van der Waals surface area contributed by atoms with E-state index in [9.17, 15) is 8.78 Å². The summed E-state index contributed by atoms with van der Waals surface area (Å²) in [5, 5.41) is 0. The van der Waals surface area contributed by atoms with Crippen LogP contribution < -0.4 is 5.73 Å². The lowest BCUT2D eigenvalue weighted by Gasteiger charge is -2.15. The summed E-state index contributed by atoms with van der Waals surface area (Å²) >= 11 is 0. The molecular weight excluding hydrogens is 174 g/mol. The van der Waals surface area contributed by atoms with E-state index in [-0.39, 0.29) is 6.54 Å². The zero-order chi connectivity index (χ0) is 9.84. The van der Waals surface area contributed by atoms with E-state index in [1.54, 1.807) is 25.3 Å². The monoisotopic (exact) mass is 186 g/mol. The van der Waals surface area contributed by atoms with Crippen molar-refractivity contribution >= 4 is 0 Å². The van der Waals surface area contributed by atoms with Gasteiger partial charge in [0, 0.05) is 18.4 Å². The predicted molar refractivity (Wildman–Crippen MR) is 46.8 cm³/mol. The number of alkyl halides is 2. The van der Waals surface area contributed by atoms with Crippen molar-refractivity contribution in [3.63, 3.8) is 0 Å². The van der Waals surface area contributed by atoms with Crippen molar-refractivity contribution in [2.24, 2.45) is 5.73 Å². The van der Waals surface area contributed by atoms with Crippen LogP contribution in [0.15, 0.2) is 18.3 Å². The summed E-state index contributed by atoms with van der Waals surface area (Å²) in [5.41, 5.74) is 6.43. The summed E-state index contributed by atoms with van der Waals surface area (Å²) in [6, 6.07) is 3.29. The lowest BCUT2D eigenvalue weighted by Crippen LogP contribution is -2.20. The molecular formula is C9H12F2N2. The zero-order valence-electron chi connectivity index (χ0n) is 7.37. The Labute approximate surface area is 75.8 Å². The molecule has 0 aromatic carbocycles. The second-order valence-electron chi connectivity index (χ2n) is 2.85. The maximum atomic E-state index is 12.5. The van der Waals surface area contributed by atoms with Gasteiger partial charge in [0.25, 0.3) is 0 Å². The molecule has 0 saturated carbocycles. The molecule has 0 radical (unpaired) electrons. The largest absolute Gasteiger partial charge is 0.330 e. The SMILES string of the molecule is Cc1ncccc1C(CN)C(F)F. The Hall–Kier alpha value is -1.03. The number of hydrogen-bond acceptors (Lipinski definition) is 2. The first-order valence-electron chi connectivity index (χ1n) is 4.06. The van der Waals surface area contributed by atoms with Gasteiger partial charge < -0.3 is 5.73 Å². The van der Waals surface area contributed by atoms with Crippen LogP contribution in [0, 0.1) is 6.92 Å². The van der Waals surface area contributed by atoms with E-state index in [4.69, 9.17) is 5.73 Å². The third-order valence-electron chi connectivity index (χ3n) is 2.01. The highest BCUT2D eigenvalue weighted by Gasteiger charge is 2.22. The topological polar surface area (TPSA) is 38.9 Å². The Balaban J connectivity index is 2.97. The minimum atomic E-state index is -2.42. The van der Waals surface area contributed by atoms with Gasteiger partial charge in [-0.2, -0.15) is 0 Å². The highest BCUT2D eigenvalue weighted by Crippen LogP contribution is 2.23. The molecule has 1 unspecified atom stereocenters. The molecule has 0 saturated heterocycles. The van der Waals surface area contributed by atoms with E-state index in [1.165, 1.54) is 0 Å². The van der Waals surface area contributed by atoms with E-state index < -0.39 is 12.3 Å². The predicted octanol–water partition coefficient (Wildman–Crippen LogP) is 1.70. The minimum absolute atomic E-state index is 0.0514. The van der Waals surface area contributed by atoms with Gasteiger partial charge in [-0.1, -0.05) is 6.07 Å². The molecule has 0 bridgehead atoms. The van der Waals surface area contributed by atoms with Gasteiger partial charge in [-0.05, 0) is 18.6 Å². The van der Waals surface area contributed by atoms with E-state index in [1.807, 2.05) is 0 Å². The van der Waals surface area contributed by atoms with Gasteiger partial charge in [-0.3, -0.25) is 4.98 Å². The quantitative estimate of drug-likeness (QED) is 0.780. The summed E-state index contributed by atoms with van der Waals surface area (Å²) in [6.45, 7) is 1.66. The molecule has 1 aromatic heterocycles. The third-order valence-corrected chi connectivity index (χ3v) is 2.01. The van der Waals surface area contributed by atoms with E-state index >= 15 is 0 Å². The van der Waals surface area contributed by atoms with Crippen LogP contribution in [-0.4, -0.2) is 18.0 Å². The minimum Gasteiger partial charge on any atom is -0.330 e. The highest BCUT2D eigenvalue weighted by atomic mass is 19.3. The zero-order valence-corrected chi connectivity index (χ0v) is 7.37. The van der Waals surface area contributed by atoms with Crippen LogP contribution >= 0.6 is 0 Å². The first-order chi connectivity index (χ1) is 6.16. The fraction of sp³-hybridized carbons (Fsp3) is 0.444. The van der Waals surface area contributed by atoms with Crippen LogP contribution in [0.4, 0.5) is 8.78 Å². The molecule has 4 heteroatoms. The van der Waals surface area contributed by atoms with Crippen LogP contribution in [0.25, 0.3) is 0 Å². The van der Waals surface area contributed by atoms with Gasteiger partial charge in [0.15, 0.2) is 0 Å². The van der Waals surface area contributed by atoms with Crippen molar-refractivity contribution in [3.8, 4) is 0 Å². The number of aromatic nitrogens is 1. The van der Waals surface area contributed by atoms with Crippen LogP contribution in [0.2, 0.25) is 0 Å². The molecule has 0 spiro atoms. The summed E-state index contributed by atoms with van der Waals surface area (Å²) < 4.78 is 24.9. The summed E-state index contributed by atoms with van der Waals surface area (Å²) in [5.74, 6) is -0.895. The van der Waals surface area contributed by atoms with Gasteiger partial charge in [-0.25, -0.2) is 8.78 Å². The van der Waals surface area contributed by atoms with Crippen LogP contribution in [0.5, 0.6) is 0 Å². The fourth-order valence-corrected chi connectivity index (χ4v) is 1.25. The molecule has 1 aromatic rings. The Morgan fingerprint density at radius 2 is 2.23 bits per heavy atom. The average molecular weight is 186 g/mol. The second kappa shape index (κ2) is 4.28. The van der Waals surface area contributed by atoms with Crippen LogP contribution in [-0.2, 0) is 0 Å². The average Bonchev–Trinajstić information content (AvgIpc) is 2.09. The van der Waals surface area contributed by atoms with Gasteiger partial charge in [0.2, 0.25) is 6.43 Å². The van der Waals surface area contributed by atoms with Gasteiger partial charge >= 0.3 is 0 Å². The van der Waals surface area contributed by atoms with E-state index in [0.29, 0.717) is 11.3 Å². The molecule has 1 heterocycles. The maximum Gasteiger partial charge on any atom is 0.246 e. The molecule has 0 aliphatic carbocycles. The van der Waals surface area contributed by atoms with Crippen molar-refractivity contribution < 1.29 is 8.78 Å². The van der Waals surface area contributed by atoms with Crippen LogP contribution in [0.1, 0.15) is 17.2 Å². The van der Waals surface area contributed by atoms with Crippen molar-refractivity contribution in [1.29, 1.82) is 0 Å². The number of nitrogens with zero attached hydrogens (tertiary/aromatic N) is 1. The molecule has 13 heavy (non-hydrogen) atoms. The van der Waals surface area contributed by atoms with Crippen molar-refractivity contribution in [2.75, 3.05) is 6.54 Å². The fourth-order valence-electron chi connectivity index (χ4n) is 1.25. The Bertz CT molecular complexity index is 276. The molecule has 1 rings (SSSR count). The first kappa shape index (κ1) is 10.1. The normalized spacial score (nSPS) is 13.3. The lowest BCUT2D eigenvalue weighted by atomic mass is 9.99. The number of hydrogen-bond donors (Lipinski definition) is 1. The van der Waals surface area contributed by atoms with Crippen molar-refractivity contribution in [2.45, 2.75) is 19.3 Å². The lowest BCUT2D eigenvalue weighted by molar-refractivity contribution is 0.116. The highest BCUT2D eigenvalue weighted by molar-refractivity contribution is 5.23. The third kappa shape index (κ3) is 2.21. The standard InChI is InChI=1S/C9H12F2N2/c1-6-7(3-2-4-13-6)8(5-12)9(10)11/h2-4,8-9H,5,12H2,1H3. The van der Waals surface area contributed by atoms with E-state index in [0.717, 1.165) is 0 Å². The van der Waals surface area contributed by atoms with E-state index in [2.05, 4.69) is 4.98 Å². The Morgan fingerprint density at radius 1 is 1.54 bits per heavy atom. The number of rotatable bonds is 3. The Morgan fingerprint density at radius 3 is 2.69 bits per heavy atom.